The number of nitrogens with zero attached hydrogens (tertiary/aromatic N) is 1. The molecule has 3 heteroatoms. The van der Waals surface area contributed by atoms with E-state index in [1.54, 1.807) is 11.3 Å². The minimum atomic E-state index is -0.251. The summed E-state index contributed by atoms with van der Waals surface area (Å²) in [6, 6.07) is 0. The van der Waals surface area contributed by atoms with Crippen LogP contribution in [0.3, 0.4) is 0 Å². The number of thiazole rings is 1. The van der Waals surface area contributed by atoms with Crippen LogP contribution in [0, 0.1) is 0 Å². The first kappa shape index (κ1) is 12.1. The van der Waals surface area contributed by atoms with E-state index in [2.05, 4.69) is 34.6 Å². The van der Waals surface area contributed by atoms with Gasteiger partial charge in [-0.05, 0) is 26.7 Å². The van der Waals surface area contributed by atoms with Gasteiger partial charge in [-0.15, -0.1) is 11.3 Å². The Labute approximate surface area is 102 Å². The summed E-state index contributed by atoms with van der Waals surface area (Å²) in [5, 5.41) is 1.22. The van der Waals surface area contributed by atoms with Gasteiger partial charge in [-0.1, -0.05) is 20.8 Å². The van der Waals surface area contributed by atoms with Crippen molar-refractivity contribution in [2.75, 3.05) is 0 Å². The van der Waals surface area contributed by atoms with Crippen LogP contribution >= 0.6 is 11.3 Å². The smallest absolute Gasteiger partial charge is 0.0985 e. The highest BCUT2D eigenvalue weighted by molar-refractivity contribution is 7.12. The van der Waals surface area contributed by atoms with Crippen molar-refractivity contribution in [1.82, 2.24) is 4.98 Å². The van der Waals surface area contributed by atoms with E-state index >= 15 is 0 Å². The zero-order valence-corrected chi connectivity index (χ0v) is 11.7. The van der Waals surface area contributed by atoms with Crippen LogP contribution < -0.4 is 5.73 Å². The first-order valence-electron chi connectivity index (χ1n) is 6.00. The van der Waals surface area contributed by atoms with Gasteiger partial charge >= 0.3 is 0 Å². The number of aromatic nitrogens is 1. The van der Waals surface area contributed by atoms with E-state index in [1.165, 1.54) is 28.4 Å². The summed E-state index contributed by atoms with van der Waals surface area (Å²) in [7, 11) is 0. The van der Waals surface area contributed by atoms with Gasteiger partial charge in [0.05, 0.1) is 10.7 Å². The fourth-order valence-corrected chi connectivity index (χ4v) is 2.97. The zero-order chi connectivity index (χ0) is 12.1. The molecular weight excluding hydrogens is 216 g/mol. The summed E-state index contributed by atoms with van der Waals surface area (Å²) >= 11 is 1.81. The molecule has 1 aromatic heterocycles. The van der Waals surface area contributed by atoms with Gasteiger partial charge < -0.3 is 5.73 Å². The predicted molar refractivity (Wildman–Crippen MR) is 70.0 cm³/mol. The molecule has 0 saturated heterocycles. The van der Waals surface area contributed by atoms with Gasteiger partial charge in [0.25, 0.3) is 0 Å². The monoisotopic (exact) mass is 238 g/mol. The molecule has 0 unspecified atom stereocenters. The molecule has 0 radical (unpaired) electrons. The molecule has 2 rings (SSSR count). The highest BCUT2D eigenvalue weighted by Gasteiger charge is 2.35. The molecule has 1 saturated carbocycles. The van der Waals surface area contributed by atoms with Crippen molar-refractivity contribution in [3.05, 3.63) is 15.6 Å². The SMILES string of the molecule is CC(C)(C)c1nc(C2CC2)c(C(C)(C)N)s1. The average molecular weight is 238 g/mol. The maximum absolute atomic E-state index is 6.25. The Balaban J connectivity index is 2.46. The summed E-state index contributed by atoms with van der Waals surface area (Å²) in [5.74, 6) is 0.685. The Morgan fingerprint density at radius 1 is 1.19 bits per heavy atom. The molecule has 2 N–H and O–H groups in total. The van der Waals surface area contributed by atoms with Gasteiger partial charge in [0.1, 0.15) is 0 Å². The first-order chi connectivity index (χ1) is 7.19. The molecule has 0 aromatic carbocycles. The van der Waals surface area contributed by atoms with Crippen molar-refractivity contribution < 1.29 is 0 Å². The summed E-state index contributed by atoms with van der Waals surface area (Å²) in [4.78, 5) is 6.14. The number of rotatable bonds is 2. The molecule has 90 valence electrons. The molecule has 0 bridgehead atoms. The van der Waals surface area contributed by atoms with Crippen molar-refractivity contribution >= 4 is 11.3 Å². The predicted octanol–water partition coefficient (Wildman–Crippen LogP) is 3.51. The lowest BCUT2D eigenvalue weighted by Crippen LogP contribution is -2.28. The second-order valence-corrected chi connectivity index (χ2v) is 7.48. The lowest BCUT2D eigenvalue weighted by Gasteiger charge is -2.18. The van der Waals surface area contributed by atoms with E-state index in [0.29, 0.717) is 5.92 Å². The van der Waals surface area contributed by atoms with Crippen LogP contribution in [0.1, 0.15) is 69.0 Å². The molecular formula is C13H22N2S. The van der Waals surface area contributed by atoms with Gasteiger partial charge in [0, 0.05) is 21.7 Å². The van der Waals surface area contributed by atoms with Crippen molar-refractivity contribution in [3.63, 3.8) is 0 Å². The second-order valence-electron chi connectivity index (χ2n) is 6.48. The molecule has 1 fully saturated rings. The molecule has 1 aliphatic carbocycles. The molecule has 16 heavy (non-hydrogen) atoms. The van der Waals surface area contributed by atoms with E-state index < -0.39 is 0 Å². The van der Waals surface area contributed by atoms with E-state index in [4.69, 9.17) is 10.7 Å². The summed E-state index contributed by atoms with van der Waals surface area (Å²) in [6.07, 6.45) is 2.58. The van der Waals surface area contributed by atoms with Gasteiger partial charge in [-0.25, -0.2) is 4.98 Å². The molecule has 1 heterocycles. The van der Waals surface area contributed by atoms with Crippen LogP contribution in [0.5, 0.6) is 0 Å². The van der Waals surface area contributed by atoms with Crippen LogP contribution in [0.2, 0.25) is 0 Å². The number of hydrogen-bond acceptors (Lipinski definition) is 3. The third-order valence-corrected chi connectivity index (χ3v) is 4.68. The topological polar surface area (TPSA) is 38.9 Å². The van der Waals surface area contributed by atoms with Crippen molar-refractivity contribution in [1.29, 1.82) is 0 Å². The third-order valence-electron chi connectivity index (χ3n) is 2.84. The summed E-state index contributed by atoms with van der Waals surface area (Å²) < 4.78 is 0. The highest BCUT2D eigenvalue weighted by atomic mass is 32.1. The lowest BCUT2D eigenvalue weighted by atomic mass is 9.98. The van der Waals surface area contributed by atoms with Crippen LogP contribution in [0.4, 0.5) is 0 Å². The molecule has 2 nitrogen and oxygen atoms in total. The van der Waals surface area contributed by atoms with Crippen LogP contribution in [-0.4, -0.2) is 4.98 Å². The first-order valence-corrected chi connectivity index (χ1v) is 6.82. The lowest BCUT2D eigenvalue weighted by molar-refractivity contribution is 0.557. The number of nitrogens with two attached hydrogens (primary N) is 1. The molecule has 0 amide bonds. The van der Waals surface area contributed by atoms with Crippen molar-refractivity contribution in [2.45, 2.75) is 64.3 Å². The molecule has 1 aliphatic rings. The third kappa shape index (κ3) is 2.30. The fraction of sp³-hybridized carbons (Fsp3) is 0.769. The molecule has 1 aromatic rings. The van der Waals surface area contributed by atoms with E-state index in [1.807, 2.05) is 0 Å². The minimum Gasteiger partial charge on any atom is -0.321 e. The zero-order valence-electron chi connectivity index (χ0n) is 10.9. The van der Waals surface area contributed by atoms with E-state index in [9.17, 15) is 0 Å². The van der Waals surface area contributed by atoms with Gasteiger partial charge in [-0.2, -0.15) is 0 Å². The summed E-state index contributed by atoms with van der Waals surface area (Å²) in [6.45, 7) is 10.8. The van der Waals surface area contributed by atoms with Gasteiger partial charge in [0.2, 0.25) is 0 Å². The van der Waals surface area contributed by atoms with Crippen molar-refractivity contribution in [3.8, 4) is 0 Å². The normalized spacial score (nSPS) is 17.9. The Morgan fingerprint density at radius 2 is 1.75 bits per heavy atom. The summed E-state index contributed by atoms with van der Waals surface area (Å²) in [5.41, 5.74) is 7.42. The minimum absolute atomic E-state index is 0.137. The van der Waals surface area contributed by atoms with Gasteiger partial charge in [0.15, 0.2) is 0 Å². The van der Waals surface area contributed by atoms with E-state index in [0.717, 1.165) is 0 Å². The fourth-order valence-electron chi connectivity index (χ4n) is 1.75. The Kier molecular flexibility index (Phi) is 2.67. The largest absolute Gasteiger partial charge is 0.321 e. The maximum atomic E-state index is 6.25. The Hall–Kier alpha value is -0.410. The highest BCUT2D eigenvalue weighted by Crippen LogP contribution is 2.46. The maximum Gasteiger partial charge on any atom is 0.0985 e. The van der Waals surface area contributed by atoms with Crippen LogP contribution in [0.15, 0.2) is 0 Å². The van der Waals surface area contributed by atoms with Crippen LogP contribution in [-0.2, 0) is 11.0 Å². The number of hydrogen-bond donors (Lipinski definition) is 1. The average Bonchev–Trinajstić information content (AvgIpc) is 2.79. The van der Waals surface area contributed by atoms with Crippen LogP contribution in [0.25, 0.3) is 0 Å². The molecule has 0 aliphatic heterocycles. The molecule has 0 atom stereocenters. The quantitative estimate of drug-likeness (QED) is 0.856. The Morgan fingerprint density at radius 3 is 2.12 bits per heavy atom. The second kappa shape index (κ2) is 3.54. The Bertz CT molecular complexity index is 389. The molecule has 0 spiro atoms. The van der Waals surface area contributed by atoms with Crippen molar-refractivity contribution in [2.24, 2.45) is 5.73 Å². The standard InChI is InChI=1S/C13H22N2S/c1-12(2,3)11-15-9(8-6-7-8)10(16-11)13(4,5)14/h8H,6-7,14H2,1-5H3. The van der Waals surface area contributed by atoms with Gasteiger partial charge in [-0.3, -0.25) is 0 Å². The van der Waals surface area contributed by atoms with E-state index in [-0.39, 0.29) is 11.0 Å².